The maximum absolute atomic E-state index is 14.0. The van der Waals surface area contributed by atoms with Gasteiger partial charge in [0, 0.05) is 18.4 Å². The van der Waals surface area contributed by atoms with Crippen molar-refractivity contribution in [1.29, 1.82) is 0 Å². The quantitative estimate of drug-likeness (QED) is 0.162. The van der Waals surface area contributed by atoms with Gasteiger partial charge in [0.2, 0.25) is 17.6 Å². The van der Waals surface area contributed by atoms with Crippen LogP contribution in [0.2, 0.25) is 0 Å². The third kappa shape index (κ3) is 6.28. The molecule has 228 valence electrons. The first kappa shape index (κ1) is 31.3. The number of Topliss-reactive ketones (excluding diaryl/α,β-unsaturated/α-hetero) is 1. The Balaban J connectivity index is 1.54. The summed E-state index contributed by atoms with van der Waals surface area (Å²) in [5, 5.41) is 8.08. The fourth-order valence-electron chi connectivity index (χ4n) is 6.23. The van der Waals surface area contributed by atoms with E-state index in [4.69, 9.17) is 33.7 Å². The van der Waals surface area contributed by atoms with Crippen molar-refractivity contribution in [2.24, 2.45) is 28.9 Å². The molecule has 1 unspecified atom stereocenters. The number of carbonyl (C=O) groups excluding carboxylic acids is 6. The Kier molecular flexibility index (Phi) is 8.59. The van der Waals surface area contributed by atoms with Gasteiger partial charge in [-0.3, -0.25) is 19.2 Å². The molecule has 1 aliphatic heterocycles. The van der Waals surface area contributed by atoms with Crippen molar-refractivity contribution < 1.29 is 33.5 Å². The number of alkyl halides is 2. The highest BCUT2D eigenvalue weighted by atomic mass is 35.5. The number of primary amides is 1. The first-order chi connectivity index (χ1) is 19.0. The van der Waals surface area contributed by atoms with Crippen LogP contribution in [-0.2, 0) is 28.7 Å². The summed E-state index contributed by atoms with van der Waals surface area (Å²) in [4.78, 5) is 78.8. The number of hydrogen-bond acceptors (Lipinski definition) is 7. The van der Waals surface area contributed by atoms with Crippen LogP contribution in [-0.4, -0.2) is 82.1 Å². The first-order valence-electron chi connectivity index (χ1n) is 14.0. The predicted octanol–water partition coefficient (Wildman–Crippen LogP) is 1.16. The number of urea groups is 1. The number of esters is 1. The van der Waals surface area contributed by atoms with Crippen molar-refractivity contribution >= 4 is 58.7 Å². The van der Waals surface area contributed by atoms with Crippen molar-refractivity contribution in [2.75, 3.05) is 13.7 Å². The fourth-order valence-corrected chi connectivity index (χ4v) is 7.06. The molecule has 4 fully saturated rings. The van der Waals surface area contributed by atoms with Gasteiger partial charge in [-0.05, 0) is 30.6 Å². The number of fused-ring (bicyclic) bond motifs is 1. The fraction of sp³-hybridized carbons (Fsp3) is 0.778. The molecule has 14 heteroatoms. The van der Waals surface area contributed by atoms with Gasteiger partial charge in [-0.15, -0.1) is 23.2 Å². The van der Waals surface area contributed by atoms with Crippen molar-refractivity contribution in [2.45, 2.75) is 93.7 Å². The maximum atomic E-state index is 14.0. The smallest absolute Gasteiger partial charge is 0.331 e. The van der Waals surface area contributed by atoms with E-state index in [2.05, 4.69) is 16.0 Å². The van der Waals surface area contributed by atoms with Crippen LogP contribution in [0.15, 0.2) is 0 Å². The molecule has 41 heavy (non-hydrogen) atoms. The molecule has 0 spiro atoms. The number of methoxy groups -OCH3 is 1. The molecule has 3 saturated carbocycles. The molecular weight excluding hydrogens is 577 g/mol. The number of ketones is 1. The monoisotopic (exact) mass is 615 g/mol. The molecule has 5 N–H and O–H groups in total. The van der Waals surface area contributed by atoms with Crippen LogP contribution in [0.25, 0.3) is 0 Å². The Labute approximate surface area is 249 Å². The SMILES string of the molecule is COC(=O)C1(NC(=O)N[C@H](C(=O)N2C[C@H]3[C@@H]([C@H]2C(=O)NC(CC2CC2)C(=O)C(N)=O)C3(Cl)Cl)C(C)(C)C)CCCC1. The number of nitrogens with two attached hydrogens (primary N) is 1. The molecule has 1 heterocycles. The van der Waals surface area contributed by atoms with Gasteiger partial charge >= 0.3 is 12.0 Å². The minimum absolute atomic E-state index is 0.0631. The third-order valence-corrected chi connectivity index (χ3v) is 9.86. The zero-order valence-corrected chi connectivity index (χ0v) is 25.3. The molecule has 0 radical (unpaired) electrons. The topological polar surface area (TPSA) is 177 Å². The van der Waals surface area contributed by atoms with E-state index in [-0.39, 0.29) is 18.9 Å². The number of hydrogen-bond donors (Lipinski definition) is 4. The van der Waals surface area contributed by atoms with Crippen molar-refractivity contribution in [3.05, 3.63) is 0 Å². The number of ether oxygens (including phenoxy) is 1. The third-order valence-electron chi connectivity index (χ3n) is 8.80. The standard InChI is InChI=1S/C27H39Cl2N5O7/c1-25(2,3)19(32-24(40)33-26(23(39)41-4)9-5-6-10-26)22(38)34-12-14-16(27(14,28)29)17(34)21(37)31-15(11-13-7-8-13)18(35)20(30)36/h13-17,19H,5-12H2,1-4H3,(H2,30,36)(H,31,37)(H2,32,33,40)/t14-,15?,16-,17-,19+/m0/s1. The van der Waals surface area contributed by atoms with Crippen molar-refractivity contribution in [1.82, 2.24) is 20.9 Å². The van der Waals surface area contributed by atoms with Crippen LogP contribution in [0.5, 0.6) is 0 Å². The summed E-state index contributed by atoms with van der Waals surface area (Å²) in [5.41, 5.74) is 3.25. The Morgan fingerprint density at radius 1 is 1.05 bits per heavy atom. The number of likely N-dealkylation sites (tertiary alicyclic amines) is 1. The first-order valence-corrected chi connectivity index (χ1v) is 14.8. The van der Waals surface area contributed by atoms with Gasteiger partial charge < -0.3 is 31.3 Å². The molecule has 5 atom stereocenters. The predicted molar refractivity (Wildman–Crippen MR) is 149 cm³/mol. The van der Waals surface area contributed by atoms with Gasteiger partial charge in [-0.1, -0.05) is 46.5 Å². The highest BCUT2D eigenvalue weighted by molar-refractivity contribution is 6.51. The average molecular weight is 617 g/mol. The molecule has 0 bridgehead atoms. The summed E-state index contributed by atoms with van der Waals surface area (Å²) in [6.45, 7) is 5.35. The average Bonchev–Trinajstić information content (AvgIpc) is 3.62. The summed E-state index contributed by atoms with van der Waals surface area (Å²) in [6, 6.07) is -4.06. The molecular formula is C27H39Cl2N5O7. The molecule has 4 aliphatic rings. The number of halogens is 2. The summed E-state index contributed by atoms with van der Waals surface area (Å²) in [5.74, 6) is -4.62. The summed E-state index contributed by atoms with van der Waals surface area (Å²) in [7, 11) is 1.26. The highest BCUT2D eigenvalue weighted by Gasteiger charge is 2.74. The zero-order valence-electron chi connectivity index (χ0n) is 23.8. The van der Waals surface area contributed by atoms with Gasteiger partial charge in [0.1, 0.15) is 22.0 Å². The number of nitrogens with one attached hydrogen (secondary N) is 3. The highest BCUT2D eigenvalue weighted by Crippen LogP contribution is 2.65. The Morgan fingerprint density at radius 3 is 2.17 bits per heavy atom. The molecule has 0 aromatic carbocycles. The van der Waals surface area contributed by atoms with E-state index in [0.29, 0.717) is 12.8 Å². The van der Waals surface area contributed by atoms with Gasteiger partial charge in [-0.25, -0.2) is 9.59 Å². The van der Waals surface area contributed by atoms with Gasteiger partial charge in [0.15, 0.2) is 0 Å². The molecule has 5 amide bonds. The van der Waals surface area contributed by atoms with E-state index in [9.17, 15) is 28.8 Å². The molecule has 12 nitrogen and oxygen atoms in total. The normalized spacial score (nSPS) is 27.2. The molecule has 0 aromatic rings. The van der Waals surface area contributed by atoms with Crippen LogP contribution in [0.1, 0.15) is 65.7 Å². The lowest BCUT2D eigenvalue weighted by Crippen LogP contribution is -2.63. The van der Waals surface area contributed by atoms with E-state index in [1.807, 2.05) is 0 Å². The number of amides is 5. The van der Waals surface area contributed by atoms with Crippen LogP contribution in [0, 0.1) is 23.2 Å². The largest absolute Gasteiger partial charge is 0.467 e. The van der Waals surface area contributed by atoms with E-state index in [1.54, 1.807) is 20.8 Å². The van der Waals surface area contributed by atoms with E-state index in [1.165, 1.54) is 12.0 Å². The lowest BCUT2D eigenvalue weighted by atomic mass is 9.85. The van der Waals surface area contributed by atoms with Crippen LogP contribution >= 0.6 is 23.2 Å². The van der Waals surface area contributed by atoms with Gasteiger partial charge in [0.05, 0.1) is 13.2 Å². The lowest BCUT2D eigenvalue weighted by molar-refractivity contribution is -0.148. The summed E-state index contributed by atoms with van der Waals surface area (Å²) < 4.78 is 3.69. The van der Waals surface area contributed by atoms with Crippen LogP contribution in [0.4, 0.5) is 4.79 Å². The Hall–Kier alpha value is -2.60. The zero-order chi connectivity index (χ0) is 30.5. The minimum atomic E-state index is -1.24. The van der Waals surface area contributed by atoms with Crippen LogP contribution < -0.4 is 21.7 Å². The lowest BCUT2D eigenvalue weighted by Gasteiger charge is -2.38. The molecule has 3 aliphatic carbocycles. The second kappa shape index (κ2) is 11.2. The van der Waals surface area contributed by atoms with Crippen molar-refractivity contribution in [3.63, 3.8) is 0 Å². The van der Waals surface area contributed by atoms with E-state index < -0.39 is 80.8 Å². The number of nitrogens with zero attached hydrogens (tertiary/aromatic N) is 1. The Bertz CT molecular complexity index is 1130. The van der Waals surface area contributed by atoms with Crippen LogP contribution in [0.3, 0.4) is 0 Å². The van der Waals surface area contributed by atoms with Crippen molar-refractivity contribution in [3.8, 4) is 0 Å². The molecule has 1 saturated heterocycles. The Morgan fingerprint density at radius 2 is 1.66 bits per heavy atom. The van der Waals surface area contributed by atoms with Gasteiger partial charge in [-0.2, -0.15) is 0 Å². The second-order valence-electron chi connectivity index (χ2n) is 12.9. The molecule has 0 aromatic heterocycles. The van der Waals surface area contributed by atoms with Gasteiger partial charge in [0.25, 0.3) is 5.91 Å². The summed E-state index contributed by atoms with van der Waals surface area (Å²) >= 11 is 12.9. The number of rotatable bonds is 10. The van der Waals surface area contributed by atoms with E-state index in [0.717, 1.165) is 25.7 Å². The number of carbonyl (C=O) groups is 6. The molecule has 4 rings (SSSR count). The second-order valence-corrected chi connectivity index (χ2v) is 14.3. The van der Waals surface area contributed by atoms with E-state index >= 15 is 0 Å². The number of piperidine rings is 1. The maximum Gasteiger partial charge on any atom is 0.331 e. The minimum Gasteiger partial charge on any atom is -0.467 e. The summed E-state index contributed by atoms with van der Waals surface area (Å²) in [6.07, 6.45) is 4.33.